The topological polar surface area (TPSA) is 58.6 Å². The summed E-state index contributed by atoms with van der Waals surface area (Å²) in [6.07, 6.45) is 2.41. The minimum atomic E-state index is -0.986. The fourth-order valence-corrected chi connectivity index (χ4v) is 3.87. The van der Waals surface area contributed by atoms with E-state index in [1.165, 1.54) is 24.2 Å². The molecule has 0 unspecified atom stereocenters. The molecular weight excluding hydrogens is 382 g/mol. The molecule has 1 aliphatic carbocycles. The molecule has 5 heteroatoms. The Hall–Kier alpha value is -3.23. The van der Waals surface area contributed by atoms with Crippen LogP contribution < -0.4 is 10.3 Å². The minimum Gasteiger partial charge on any atom is -0.477 e. The first-order valence-corrected chi connectivity index (χ1v) is 10.3. The average molecular weight is 404 g/mol. The molecule has 1 heterocycles. The summed E-state index contributed by atoms with van der Waals surface area (Å²) in [5.74, 6) is 6.69. The Morgan fingerprint density at radius 3 is 2.55 bits per heavy atom. The molecule has 0 atom stereocenters. The summed E-state index contributed by atoms with van der Waals surface area (Å²) < 4.78 is 0. The summed E-state index contributed by atoms with van der Waals surface area (Å²) in [6.45, 7) is 3.97. The number of hydrogen-bond donors (Lipinski definition) is 2. The molecule has 1 saturated carbocycles. The third-order valence-electron chi connectivity index (χ3n) is 4.70. The van der Waals surface area contributed by atoms with Crippen molar-refractivity contribution in [1.82, 2.24) is 0 Å². The van der Waals surface area contributed by atoms with Crippen molar-refractivity contribution in [2.24, 2.45) is 5.92 Å². The second-order valence-electron chi connectivity index (χ2n) is 7.25. The zero-order valence-corrected chi connectivity index (χ0v) is 17.1. The standard InChI is InChI=1S/C24H21NO3S/c1-15-3-12-21(16(2)13-15)28-25-20-14-22(29-23(20)24(26)27)19-10-8-18(9-11-19)7-6-17-4-5-17/h3,8-14,17,25H,4-5H2,1-2H3,(H,26,27). The van der Waals surface area contributed by atoms with Gasteiger partial charge in [-0.05, 0) is 62.1 Å². The first-order valence-electron chi connectivity index (χ1n) is 9.49. The van der Waals surface area contributed by atoms with Crippen LogP contribution >= 0.6 is 11.3 Å². The van der Waals surface area contributed by atoms with E-state index in [0.717, 1.165) is 27.1 Å². The lowest BCUT2D eigenvalue weighted by molar-refractivity contribution is 0.0702. The minimum absolute atomic E-state index is 0.211. The van der Waals surface area contributed by atoms with Crippen LogP contribution in [0.5, 0.6) is 5.75 Å². The lowest BCUT2D eigenvalue weighted by Crippen LogP contribution is -2.08. The van der Waals surface area contributed by atoms with E-state index in [1.807, 2.05) is 62.4 Å². The molecule has 29 heavy (non-hydrogen) atoms. The van der Waals surface area contributed by atoms with Crippen LogP contribution in [0.1, 0.15) is 39.2 Å². The van der Waals surface area contributed by atoms with Crippen LogP contribution in [-0.2, 0) is 0 Å². The number of nitrogens with one attached hydrogen (secondary N) is 1. The van der Waals surface area contributed by atoms with E-state index in [4.69, 9.17) is 4.84 Å². The van der Waals surface area contributed by atoms with Gasteiger partial charge in [-0.15, -0.1) is 11.3 Å². The highest BCUT2D eigenvalue weighted by molar-refractivity contribution is 7.18. The molecular formula is C24H21NO3S. The van der Waals surface area contributed by atoms with Crippen LogP contribution in [0, 0.1) is 31.6 Å². The van der Waals surface area contributed by atoms with Gasteiger partial charge in [-0.25, -0.2) is 10.3 Å². The number of carboxylic acid groups (broad SMARTS) is 1. The van der Waals surface area contributed by atoms with Crippen molar-refractivity contribution in [3.05, 3.63) is 70.1 Å². The number of rotatable bonds is 5. The second kappa shape index (κ2) is 8.02. The fourth-order valence-electron chi connectivity index (χ4n) is 2.92. The Morgan fingerprint density at radius 2 is 1.90 bits per heavy atom. The third kappa shape index (κ3) is 4.61. The Balaban J connectivity index is 1.54. The van der Waals surface area contributed by atoms with Gasteiger partial charge in [0.25, 0.3) is 0 Å². The monoisotopic (exact) mass is 403 g/mol. The van der Waals surface area contributed by atoms with E-state index in [-0.39, 0.29) is 4.88 Å². The van der Waals surface area contributed by atoms with Crippen LogP contribution in [0.2, 0.25) is 0 Å². The normalized spacial score (nSPS) is 12.8. The zero-order valence-electron chi connectivity index (χ0n) is 16.3. The Bertz CT molecular complexity index is 1120. The van der Waals surface area contributed by atoms with Gasteiger partial charge in [-0.3, -0.25) is 0 Å². The fraction of sp³-hybridized carbons (Fsp3) is 0.208. The van der Waals surface area contributed by atoms with Crippen molar-refractivity contribution in [2.45, 2.75) is 26.7 Å². The van der Waals surface area contributed by atoms with Crippen LogP contribution in [0.25, 0.3) is 10.4 Å². The summed E-state index contributed by atoms with van der Waals surface area (Å²) in [4.78, 5) is 18.4. The van der Waals surface area contributed by atoms with E-state index < -0.39 is 5.97 Å². The maximum atomic E-state index is 11.7. The molecule has 2 aromatic carbocycles. The molecule has 146 valence electrons. The summed E-state index contributed by atoms with van der Waals surface area (Å²) in [7, 11) is 0. The molecule has 1 aliphatic rings. The largest absolute Gasteiger partial charge is 0.477 e. The van der Waals surface area contributed by atoms with Crippen LogP contribution in [0.3, 0.4) is 0 Å². The molecule has 0 bridgehead atoms. The first kappa shape index (κ1) is 19.1. The van der Waals surface area contributed by atoms with Crippen LogP contribution in [0.15, 0.2) is 48.5 Å². The van der Waals surface area contributed by atoms with E-state index in [9.17, 15) is 9.90 Å². The molecule has 4 rings (SSSR count). The number of benzene rings is 2. The molecule has 1 fully saturated rings. The number of thiophene rings is 1. The van der Waals surface area contributed by atoms with E-state index in [1.54, 1.807) is 0 Å². The lowest BCUT2D eigenvalue weighted by atomic mass is 10.1. The molecule has 2 N–H and O–H groups in total. The van der Waals surface area contributed by atoms with Gasteiger partial charge in [0, 0.05) is 16.4 Å². The maximum absolute atomic E-state index is 11.7. The average Bonchev–Trinajstić information content (AvgIpc) is 3.43. The quantitative estimate of drug-likeness (QED) is 0.411. The van der Waals surface area contributed by atoms with E-state index >= 15 is 0 Å². The predicted octanol–water partition coefficient (Wildman–Crippen LogP) is 5.90. The number of aryl methyl sites for hydroxylation is 2. The first-order chi connectivity index (χ1) is 14.0. The van der Waals surface area contributed by atoms with Crippen LogP contribution in [0.4, 0.5) is 5.69 Å². The molecule has 0 spiro atoms. The molecule has 1 aromatic heterocycles. The SMILES string of the molecule is Cc1ccc(ONc2cc(-c3ccc(C#CC4CC4)cc3)sc2C(=O)O)c(C)c1. The molecule has 4 nitrogen and oxygen atoms in total. The number of carboxylic acids is 1. The highest BCUT2D eigenvalue weighted by Crippen LogP contribution is 2.35. The van der Waals surface area contributed by atoms with Gasteiger partial charge in [0.2, 0.25) is 0 Å². The van der Waals surface area contributed by atoms with Gasteiger partial charge in [0.15, 0.2) is 5.75 Å². The second-order valence-corrected chi connectivity index (χ2v) is 8.30. The maximum Gasteiger partial charge on any atom is 0.348 e. The smallest absolute Gasteiger partial charge is 0.348 e. The van der Waals surface area contributed by atoms with Gasteiger partial charge in [0.05, 0.1) is 5.69 Å². The zero-order chi connectivity index (χ0) is 20.4. The Kier molecular flexibility index (Phi) is 5.28. The highest BCUT2D eigenvalue weighted by Gasteiger charge is 2.18. The molecule has 0 amide bonds. The molecule has 0 aliphatic heterocycles. The summed E-state index contributed by atoms with van der Waals surface area (Å²) in [5, 5.41) is 9.58. The van der Waals surface area contributed by atoms with Gasteiger partial charge in [-0.1, -0.05) is 41.7 Å². The van der Waals surface area contributed by atoms with Gasteiger partial charge >= 0.3 is 5.97 Å². The van der Waals surface area contributed by atoms with Gasteiger partial charge < -0.3 is 9.94 Å². The summed E-state index contributed by atoms with van der Waals surface area (Å²) in [6, 6.07) is 15.5. The third-order valence-corrected chi connectivity index (χ3v) is 5.87. The van der Waals surface area contributed by atoms with Crippen molar-refractivity contribution in [1.29, 1.82) is 0 Å². The Labute approximate surface area is 174 Å². The molecule has 0 radical (unpaired) electrons. The predicted molar refractivity (Wildman–Crippen MR) is 116 cm³/mol. The summed E-state index contributed by atoms with van der Waals surface area (Å²) in [5.41, 5.74) is 7.31. The number of hydrogen-bond acceptors (Lipinski definition) is 4. The molecule has 0 saturated heterocycles. The van der Waals surface area contributed by atoms with Crippen molar-refractivity contribution in [3.8, 4) is 28.0 Å². The van der Waals surface area contributed by atoms with Gasteiger partial charge in [-0.2, -0.15) is 0 Å². The van der Waals surface area contributed by atoms with Crippen molar-refractivity contribution in [2.75, 3.05) is 5.48 Å². The van der Waals surface area contributed by atoms with E-state index in [0.29, 0.717) is 17.4 Å². The van der Waals surface area contributed by atoms with E-state index in [2.05, 4.69) is 17.3 Å². The number of anilines is 1. The molecule has 3 aromatic rings. The Morgan fingerprint density at radius 1 is 1.14 bits per heavy atom. The van der Waals surface area contributed by atoms with Crippen molar-refractivity contribution < 1.29 is 14.7 Å². The van der Waals surface area contributed by atoms with Crippen molar-refractivity contribution in [3.63, 3.8) is 0 Å². The van der Waals surface area contributed by atoms with Gasteiger partial charge in [0.1, 0.15) is 4.88 Å². The number of aromatic carboxylic acids is 1. The number of carbonyl (C=O) groups is 1. The lowest BCUT2D eigenvalue weighted by Gasteiger charge is -2.10. The summed E-state index contributed by atoms with van der Waals surface area (Å²) >= 11 is 1.22. The van der Waals surface area contributed by atoms with Crippen molar-refractivity contribution >= 4 is 23.0 Å². The highest BCUT2D eigenvalue weighted by atomic mass is 32.1. The van der Waals surface area contributed by atoms with Crippen LogP contribution in [-0.4, -0.2) is 11.1 Å².